The Kier molecular flexibility index (Phi) is 8.79. The number of hydrogen-bond donors (Lipinski definition) is 1. The third kappa shape index (κ3) is 12.2. The zero-order valence-electron chi connectivity index (χ0n) is 11.8. The van der Waals surface area contributed by atoms with Crippen LogP contribution in [0.5, 0.6) is 0 Å². The Bertz CT molecular complexity index is 532. The molecule has 0 amide bonds. The maximum absolute atomic E-state index is 9.13. The molecule has 0 aliphatic carbocycles. The van der Waals surface area contributed by atoms with Gasteiger partial charge in [0.2, 0.25) is 0 Å². The molecule has 98 valence electrons. The van der Waals surface area contributed by atoms with Crippen LogP contribution in [-0.2, 0) is 4.74 Å². The minimum atomic E-state index is -0.359. The lowest BCUT2D eigenvalue weighted by Crippen LogP contribution is -2.28. The van der Waals surface area contributed by atoms with Gasteiger partial charge in [0.1, 0.15) is 6.10 Å². The Hall–Kier alpha value is -2.10. The van der Waals surface area contributed by atoms with Gasteiger partial charge in [0.15, 0.2) is 0 Å². The van der Waals surface area contributed by atoms with Crippen molar-refractivity contribution in [2.75, 3.05) is 6.61 Å². The summed E-state index contributed by atoms with van der Waals surface area (Å²) < 4.78 is 5.58. The predicted molar refractivity (Wildman–Crippen MR) is 77.6 cm³/mol. The fraction of sp³-hybridized carbons (Fsp3) is 0.412. The molecule has 0 saturated heterocycles. The van der Waals surface area contributed by atoms with Crippen molar-refractivity contribution in [3.8, 4) is 47.4 Å². The van der Waals surface area contributed by atoms with E-state index in [2.05, 4.69) is 47.4 Å². The lowest BCUT2D eigenvalue weighted by Gasteiger charge is -2.24. The highest BCUT2D eigenvalue weighted by molar-refractivity contribution is 5.40. The molecule has 0 aromatic carbocycles. The molecule has 0 bridgehead atoms. The summed E-state index contributed by atoms with van der Waals surface area (Å²) in [6.45, 7) is 7.42. The van der Waals surface area contributed by atoms with Crippen LogP contribution in [0.2, 0.25) is 0 Å². The number of hydrogen-bond acceptors (Lipinski definition) is 2. The number of aliphatic hydroxyl groups excluding tert-OH is 1. The first-order valence-electron chi connectivity index (χ1n) is 5.87. The summed E-state index contributed by atoms with van der Waals surface area (Å²) in [5.41, 5.74) is -0.305. The van der Waals surface area contributed by atoms with Gasteiger partial charge in [-0.25, -0.2) is 0 Å². The summed E-state index contributed by atoms with van der Waals surface area (Å²) in [6, 6.07) is 0. The highest BCUT2D eigenvalue weighted by Gasteiger charge is 2.15. The van der Waals surface area contributed by atoms with E-state index >= 15 is 0 Å². The second-order valence-electron chi connectivity index (χ2n) is 4.45. The van der Waals surface area contributed by atoms with E-state index < -0.39 is 0 Å². The van der Waals surface area contributed by atoms with Crippen LogP contribution >= 0.6 is 0 Å². The van der Waals surface area contributed by atoms with E-state index in [4.69, 9.17) is 9.84 Å². The van der Waals surface area contributed by atoms with Crippen LogP contribution < -0.4 is 0 Å². The Labute approximate surface area is 116 Å². The highest BCUT2D eigenvalue weighted by Crippen LogP contribution is 2.11. The molecule has 2 heteroatoms. The third-order valence-electron chi connectivity index (χ3n) is 1.59. The van der Waals surface area contributed by atoms with Crippen LogP contribution in [0.25, 0.3) is 0 Å². The van der Waals surface area contributed by atoms with E-state index in [0.717, 1.165) is 0 Å². The molecule has 19 heavy (non-hydrogen) atoms. The molecule has 0 fully saturated rings. The molecule has 0 rings (SSSR count). The molecule has 0 unspecified atom stereocenters. The first-order chi connectivity index (χ1) is 8.99. The lowest BCUT2D eigenvalue weighted by atomic mass is 10.2. The SMILES string of the molecule is CC#CC#CC#CC#C/C=C/[C@H](CO)OC(C)(C)C. The molecule has 1 atom stereocenters. The Morgan fingerprint density at radius 1 is 1.05 bits per heavy atom. The van der Waals surface area contributed by atoms with Gasteiger partial charge >= 0.3 is 0 Å². The molecule has 0 radical (unpaired) electrons. The highest BCUT2D eigenvalue weighted by atomic mass is 16.5. The minimum absolute atomic E-state index is 0.0811. The monoisotopic (exact) mass is 254 g/mol. The van der Waals surface area contributed by atoms with Gasteiger partial charge in [-0.2, -0.15) is 0 Å². The van der Waals surface area contributed by atoms with Crippen LogP contribution in [0, 0.1) is 47.4 Å². The van der Waals surface area contributed by atoms with E-state index in [9.17, 15) is 0 Å². The van der Waals surface area contributed by atoms with Crippen LogP contribution in [0.3, 0.4) is 0 Å². The fourth-order valence-corrected chi connectivity index (χ4v) is 1.01. The molecular formula is C17H18O2. The van der Waals surface area contributed by atoms with Crippen molar-refractivity contribution in [2.24, 2.45) is 0 Å². The summed E-state index contributed by atoms with van der Waals surface area (Å²) in [7, 11) is 0. The smallest absolute Gasteiger partial charge is 0.100 e. The maximum Gasteiger partial charge on any atom is 0.100 e. The lowest BCUT2D eigenvalue weighted by molar-refractivity contribution is -0.0576. The van der Waals surface area contributed by atoms with Gasteiger partial charge in [-0.05, 0) is 75.4 Å². The Morgan fingerprint density at radius 2 is 1.63 bits per heavy atom. The van der Waals surface area contributed by atoms with Crippen molar-refractivity contribution in [3.63, 3.8) is 0 Å². The zero-order valence-corrected chi connectivity index (χ0v) is 11.8. The molecule has 0 aliphatic rings. The largest absolute Gasteiger partial charge is 0.393 e. The van der Waals surface area contributed by atoms with Gasteiger partial charge in [-0.15, -0.1) is 0 Å². The Balaban J connectivity index is 4.35. The first kappa shape index (κ1) is 16.9. The summed E-state index contributed by atoms with van der Waals surface area (Å²) in [5.74, 6) is 20.8. The topological polar surface area (TPSA) is 29.5 Å². The van der Waals surface area contributed by atoms with E-state index in [0.29, 0.717) is 0 Å². The van der Waals surface area contributed by atoms with Gasteiger partial charge in [0.25, 0.3) is 0 Å². The summed E-state index contributed by atoms with van der Waals surface area (Å²) >= 11 is 0. The van der Waals surface area contributed by atoms with Crippen molar-refractivity contribution in [2.45, 2.75) is 39.4 Å². The second-order valence-corrected chi connectivity index (χ2v) is 4.45. The molecule has 0 spiro atoms. The predicted octanol–water partition coefficient (Wildman–Crippen LogP) is 1.75. The van der Waals surface area contributed by atoms with E-state index in [1.165, 1.54) is 0 Å². The van der Waals surface area contributed by atoms with Crippen LogP contribution in [0.1, 0.15) is 27.7 Å². The Morgan fingerprint density at radius 3 is 2.16 bits per heavy atom. The van der Waals surface area contributed by atoms with Gasteiger partial charge in [0, 0.05) is 0 Å². The van der Waals surface area contributed by atoms with Crippen molar-refractivity contribution >= 4 is 0 Å². The molecule has 0 saturated carbocycles. The van der Waals surface area contributed by atoms with Gasteiger partial charge in [0.05, 0.1) is 12.2 Å². The standard InChI is InChI=1S/C17H18O2/c1-5-6-7-8-9-10-11-12-13-14-16(15-18)19-17(2,3)4/h13-14,16,18H,15H2,1-4H3/b14-13+/t16-/m1/s1. The van der Waals surface area contributed by atoms with E-state index in [1.807, 2.05) is 20.8 Å². The molecule has 0 aromatic heterocycles. The molecule has 1 N–H and O–H groups in total. The third-order valence-corrected chi connectivity index (χ3v) is 1.59. The zero-order chi connectivity index (χ0) is 14.6. The number of aliphatic hydroxyl groups is 1. The normalized spacial score (nSPS) is 10.8. The fourth-order valence-electron chi connectivity index (χ4n) is 1.01. The summed E-state index contributed by atoms with van der Waals surface area (Å²) in [5, 5.41) is 9.13. The molecule has 0 heterocycles. The molecule has 2 nitrogen and oxygen atoms in total. The number of allylic oxidation sites excluding steroid dienone is 1. The van der Waals surface area contributed by atoms with E-state index in [1.54, 1.807) is 19.1 Å². The van der Waals surface area contributed by atoms with Crippen LogP contribution in [-0.4, -0.2) is 23.4 Å². The van der Waals surface area contributed by atoms with Crippen molar-refractivity contribution in [1.29, 1.82) is 0 Å². The van der Waals surface area contributed by atoms with Gasteiger partial charge in [-0.3, -0.25) is 0 Å². The average Bonchev–Trinajstić information content (AvgIpc) is 2.34. The van der Waals surface area contributed by atoms with Crippen LogP contribution in [0.4, 0.5) is 0 Å². The summed E-state index contributed by atoms with van der Waals surface area (Å²) in [4.78, 5) is 0. The van der Waals surface area contributed by atoms with Gasteiger partial charge < -0.3 is 9.84 Å². The molecule has 0 aromatic rings. The van der Waals surface area contributed by atoms with Crippen molar-refractivity contribution in [3.05, 3.63) is 12.2 Å². The number of rotatable bonds is 3. The minimum Gasteiger partial charge on any atom is -0.393 e. The maximum atomic E-state index is 9.13. The summed E-state index contributed by atoms with van der Waals surface area (Å²) in [6.07, 6.45) is 2.95. The van der Waals surface area contributed by atoms with Crippen molar-refractivity contribution in [1.82, 2.24) is 0 Å². The van der Waals surface area contributed by atoms with Crippen molar-refractivity contribution < 1.29 is 9.84 Å². The number of ether oxygens (including phenoxy) is 1. The van der Waals surface area contributed by atoms with Gasteiger partial charge in [-0.1, -0.05) is 11.8 Å². The molecule has 0 aliphatic heterocycles. The second kappa shape index (κ2) is 9.88. The van der Waals surface area contributed by atoms with Crippen LogP contribution in [0.15, 0.2) is 12.2 Å². The average molecular weight is 254 g/mol. The first-order valence-corrected chi connectivity index (χ1v) is 5.87. The quantitative estimate of drug-likeness (QED) is 0.778. The van der Waals surface area contributed by atoms with E-state index in [-0.39, 0.29) is 18.3 Å². The molecular weight excluding hydrogens is 236 g/mol.